The highest BCUT2D eigenvalue weighted by molar-refractivity contribution is 5.11. The summed E-state index contributed by atoms with van der Waals surface area (Å²) in [6.07, 6.45) is 6.31. The highest BCUT2D eigenvalue weighted by atomic mass is 16.5. The number of pyridine rings is 1. The molecule has 0 amide bonds. The van der Waals surface area contributed by atoms with Gasteiger partial charge in [0, 0.05) is 51.0 Å². The third-order valence-electron chi connectivity index (χ3n) is 4.20. The molecule has 1 aromatic rings. The van der Waals surface area contributed by atoms with Gasteiger partial charge >= 0.3 is 0 Å². The first-order valence-electron chi connectivity index (χ1n) is 7.01. The van der Waals surface area contributed by atoms with Crippen LogP contribution in [0.15, 0.2) is 24.5 Å². The maximum atomic E-state index is 5.98. The topological polar surface area (TPSA) is 34.6 Å². The molecule has 0 bridgehead atoms. The van der Waals surface area contributed by atoms with E-state index in [2.05, 4.69) is 16.0 Å². The second-order valence-corrected chi connectivity index (χ2v) is 5.91. The Bertz CT molecular complexity index is 404. The lowest BCUT2D eigenvalue weighted by molar-refractivity contribution is -0.0202. The molecule has 2 aliphatic rings. The van der Waals surface area contributed by atoms with Crippen LogP contribution in [0.5, 0.6) is 0 Å². The lowest BCUT2D eigenvalue weighted by atomic mass is 9.77. The molecule has 104 valence electrons. The minimum atomic E-state index is 0.369. The number of hydrogen-bond donors (Lipinski definition) is 0. The summed E-state index contributed by atoms with van der Waals surface area (Å²) in [7, 11) is 1.76. The zero-order valence-corrected chi connectivity index (χ0v) is 11.5. The average Bonchev–Trinajstić information content (AvgIpc) is 2.80. The van der Waals surface area contributed by atoms with Crippen molar-refractivity contribution in [3.8, 4) is 0 Å². The molecule has 2 fully saturated rings. The fourth-order valence-corrected chi connectivity index (χ4v) is 3.31. The molecule has 1 atom stereocenters. The Morgan fingerprint density at radius 1 is 1.53 bits per heavy atom. The van der Waals surface area contributed by atoms with Crippen LogP contribution in [-0.4, -0.2) is 55.9 Å². The number of ether oxygens (including phenoxy) is 2. The van der Waals surface area contributed by atoms with Crippen molar-refractivity contribution >= 4 is 0 Å². The molecular formula is C15H22N2O2. The Morgan fingerprint density at radius 3 is 3.16 bits per heavy atom. The number of aromatic nitrogens is 1. The van der Waals surface area contributed by atoms with Crippen LogP contribution in [0.25, 0.3) is 0 Å². The molecule has 1 aromatic heterocycles. The molecule has 2 saturated heterocycles. The molecule has 0 saturated carbocycles. The second-order valence-electron chi connectivity index (χ2n) is 5.91. The van der Waals surface area contributed by atoms with Crippen molar-refractivity contribution < 1.29 is 9.47 Å². The SMILES string of the molecule is COCCN1CC2(COC(Cc3cccnc3)C2)C1. The van der Waals surface area contributed by atoms with Gasteiger partial charge in [-0.1, -0.05) is 6.07 Å². The van der Waals surface area contributed by atoms with Crippen LogP contribution in [0.2, 0.25) is 0 Å². The maximum Gasteiger partial charge on any atom is 0.0623 e. The lowest BCUT2D eigenvalue weighted by Gasteiger charge is -2.47. The highest BCUT2D eigenvalue weighted by Gasteiger charge is 2.48. The van der Waals surface area contributed by atoms with E-state index in [4.69, 9.17) is 9.47 Å². The Morgan fingerprint density at radius 2 is 2.42 bits per heavy atom. The van der Waals surface area contributed by atoms with E-state index in [1.54, 1.807) is 7.11 Å². The van der Waals surface area contributed by atoms with Gasteiger partial charge in [-0.2, -0.15) is 0 Å². The van der Waals surface area contributed by atoms with Crippen LogP contribution in [0.1, 0.15) is 12.0 Å². The molecule has 0 radical (unpaired) electrons. The van der Waals surface area contributed by atoms with E-state index < -0.39 is 0 Å². The fourth-order valence-electron chi connectivity index (χ4n) is 3.31. The number of likely N-dealkylation sites (tertiary alicyclic amines) is 1. The van der Waals surface area contributed by atoms with E-state index in [1.165, 1.54) is 25.1 Å². The fraction of sp³-hybridized carbons (Fsp3) is 0.667. The van der Waals surface area contributed by atoms with Crippen LogP contribution in [0.3, 0.4) is 0 Å². The Balaban J connectivity index is 1.46. The Labute approximate surface area is 114 Å². The third kappa shape index (κ3) is 2.96. The summed E-state index contributed by atoms with van der Waals surface area (Å²) in [6.45, 7) is 5.13. The molecule has 1 spiro atoms. The molecule has 3 rings (SSSR count). The van der Waals surface area contributed by atoms with Crippen molar-refractivity contribution in [2.24, 2.45) is 5.41 Å². The quantitative estimate of drug-likeness (QED) is 0.802. The molecule has 4 heteroatoms. The largest absolute Gasteiger partial charge is 0.383 e. The molecule has 19 heavy (non-hydrogen) atoms. The van der Waals surface area contributed by atoms with Gasteiger partial charge in [-0.3, -0.25) is 9.88 Å². The van der Waals surface area contributed by atoms with Crippen molar-refractivity contribution in [1.82, 2.24) is 9.88 Å². The van der Waals surface area contributed by atoms with Crippen LogP contribution in [0.4, 0.5) is 0 Å². The van der Waals surface area contributed by atoms with E-state index in [1.807, 2.05) is 18.5 Å². The van der Waals surface area contributed by atoms with Crippen LogP contribution in [0, 0.1) is 5.41 Å². The number of hydrogen-bond acceptors (Lipinski definition) is 4. The number of methoxy groups -OCH3 is 1. The van der Waals surface area contributed by atoms with Crippen molar-refractivity contribution in [2.75, 3.05) is 40.0 Å². The standard InChI is InChI=1S/C15H22N2O2/c1-18-6-5-17-10-15(11-17)8-14(19-12-15)7-13-3-2-4-16-9-13/h2-4,9,14H,5-8,10-12H2,1H3. The summed E-state index contributed by atoms with van der Waals surface area (Å²) >= 11 is 0. The summed E-state index contributed by atoms with van der Waals surface area (Å²) in [6, 6.07) is 4.13. The summed E-state index contributed by atoms with van der Waals surface area (Å²) in [5.41, 5.74) is 1.70. The normalized spacial score (nSPS) is 25.6. The van der Waals surface area contributed by atoms with Crippen molar-refractivity contribution in [3.63, 3.8) is 0 Å². The number of nitrogens with zero attached hydrogens (tertiary/aromatic N) is 2. The van der Waals surface area contributed by atoms with E-state index in [9.17, 15) is 0 Å². The van der Waals surface area contributed by atoms with Crippen molar-refractivity contribution in [3.05, 3.63) is 30.1 Å². The van der Waals surface area contributed by atoms with Crippen LogP contribution >= 0.6 is 0 Å². The summed E-state index contributed by atoms with van der Waals surface area (Å²) < 4.78 is 11.1. The van der Waals surface area contributed by atoms with Gasteiger partial charge in [-0.15, -0.1) is 0 Å². The van der Waals surface area contributed by atoms with Gasteiger partial charge in [0.25, 0.3) is 0 Å². The Hall–Kier alpha value is -0.970. The molecule has 3 heterocycles. The zero-order chi connectivity index (χ0) is 13.1. The smallest absolute Gasteiger partial charge is 0.0623 e. The average molecular weight is 262 g/mol. The first kappa shape index (κ1) is 13.0. The van der Waals surface area contributed by atoms with Gasteiger partial charge in [0.05, 0.1) is 19.3 Å². The van der Waals surface area contributed by atoms with Gasteiger partial charge in [-0.05, 0) is 18.1 Å². The summed E-state index contributed by atoms with van der Waals surface area (Å²) in [5.74, 6) is 0. The van der Waals surface area contributed by atoms with Gasteiger partial charge in [0.1, 0.15) is 0 Å². The highest BCUT2D eigenvalue weighted by Crippen LogP contribution is 2.41. The molecule has 0 N–H and O–H groups in total. The lowest BCUT2D eigenvalue weighted by Crippen LogP contribution is -2.57. The monoisotopic (exact) mass is 262 g/mol. The zero-order valence-electron chi connectivity index (χ0n) is 11.5. The molecule has 0 aromatic carbocycles. The first-order valence-corrected chi connectivity index (χ1v) is 7.01. The van der Waals surface area contributed by atoms with E-state index >= 15 is 0 Å². The predicted octanol–water partition coefficient (Wildman–Crippen LogP) is 1.36. The molecule has 2 aliphatic heterocycles. The minimum absolute atomic E-state index is 0.369. The Kier molecular flexibility index (Phi) is 3.82. The van der Waals surface area contributed by atoms with Gasteiger partial charge in [0.2, 0.25) is 0 Å². The van der Waals surface area contributed by atoms with Gasteiger partial charge in [-0.25, -0.2) is 0 Å². The predicted molar refractivity (Wildman–Crippen MR) is 73.0 cm³/mol. The van der Waals surface area contributed by atoms with E-state index in [0.29, 0.717) is 11.5 Å². The van der Waals surface area contributed by atoms with Gasteiger partial charge < -0.3 is 9.47 Å². The van der Waals surface area contributed by atoms with Crippen LogP contribution < -0.4 is 0 Å². The molecule has 4 nitrogen and oxygen atoms in total. The first-order chi connectivity index (χ1) is 9.30. The molecule has 1 unspecified atom stereocenters. The minimum Gasteiger partial charge on any atom is -0.383 e. The van der Waals surface area contributed by atoms with Crippen LogP contribution in [-0.2, 0) is 15.9 Å². The van der Waals surface area contributed by atoms with E-state index in [0.717, 1.165) is 26.2 Å². The summed E-state index contributed by atoms with van der Waals surface area (Å²) in [4.78, 5) is 6.62. The van der Waals surface area contributed by atoms with Gasteiger partial charge in [0.15, 0.2) is 0 Å². The third-order valence-corrected chi connectivity index (χ3v) is 4.20. The molecule has 0 aliphatic carbocycles. The molecular weight excluding hydrogens is 240 g/mol. The maximum absolute atomic E-state index is 5.98. The second kappa shape index (κ2) is 5.57. The number of rotatable bonds is 5. The van der Waals surface area contributed by atoms with E-state index in [-0.39, 0.29) is 0 Å². The van der Waals surface area contributed by atoms with Crippen molar-refractivity contribution in [1.29, 1.82) is 0 Å². The summed E-state index contributed by atoms with van der Waals surface area (Å²) in [5, 5.41) is 0. The van der Waals surface area contributed by atoms with Crippen molar-refractivity contribution in [2.45, 2.75) is 18.9 Å².